The summed E-state index contributed by atoms with van der Waals surface area (Å²) in [5.41, 5.74) is 2.70. The molecule has 35 heavy (non-hydrogen) atoms. The van der Waals surface area contributed by atoms with Crippen LogP contribution in [0, 0.1) is 5.92 Å². The number of hydrogen-bond acceptors (Lipinski definition) is 4. The highest BCUT2D eigenvalue weighted by Crippen LogP contribution is 2.33. The molecular weight excluding hydrogens is 454 g/mol. The van der Waals surface area contributed by atoms with Crippen LogP contribution >= 0.6 is 0 Å². The van der Waals surface area contributed by atoms with Gasteiger partial charge in [0.05, 0.1) is 11.0 Å². The van der Waals surface area contributed by atoms with Gasteiger partial charge in [0.25, 0.3) is 6.47 Å². The van der Waals surface area contributed by atoms with Crippen molar-refractivity contribution in [3.63, 3.8) is 0 Å². The molecule has 0 unspecified atom stereocenters. The van der Waals surface area contributed by atoms with Gasteiger partial charge in [-0.15, -0.1) is 0 Å². The van der Waals surface area contributed by atoms with Gasteiger partial charge in [0, 0.05) is 43.9 Å². The Morgan fingerprint density at radius 2 is 1.74 bits per heavy atom. The molecule has 2 aliphatic heterocycles. The molecule has 3 aromatic rings. The van der Waals surface area contributed by atoms with Crippen molar-refractivity contribution in [2.45, 2.75) is 38.7 Å². The number of carbonyl (C=O) groups excluding carboxylic acids is 1. The molecule has 1 amide bonds. The first-order valence-corrected chi connectivity index (χ1v) is 12.0. The molecule has 2 aromatic carbocycles. The third-order valence-electron chi connectivity index (χ3n) is 6.80. The van der Waals surface area contributed by atoms with E-state index in [2.05, 4.69) is 9.88 Å². The van der Waals surface area contributed by atoms with Gasteiger partial charge in [0.1, 0.15) is 5.82 Å². The van der Waals surface area contributed by atoms with Gasteiger partial charge < -0.3 is 14.9 Å². The van der Waals surface area contributed by atoms with Gasteiger partial charge in [0.2, 0.25) is 5.91 Å². The lowest BCUT2D eigenvalue weighted by molar-refractivity contribution is -0.131. The van der Waals surface area contributed by atoms with Crippen molar-refractivity contribution in [1.29, 1.82) is 0 Å². The van der Waals surface area contributed by atoms with Gasteiger partial charge in [-0.3, -0.25) is 14.2 Å². The molecule has 0 radical (unpaired) electrons. The van der Waals surface area contributed by atoms with E-state index in [1.807, 2.05) is 35.2 Å². The minimum absolute atomic E-state index is 0.250. The van der Waals surface area contributed by atoms with E-state index < -0.39 is 6.55 Å². The number of benzene rings is 2. The van der Waals surface area contributed by atoms with Crippen molar-refractivity contribution < 1.29 is 23.5 Å². The number of fused-ring (bicyclic) bond motifs is 1. The summed E-state index contributed by atoms with van der Waals surface area (Å²) in [6, 6.07) is 14.7. The number of carbonyl (C=O) groups is 2. The Hall–Kier alpha value is -3.49. The fourth-order valence-corrected chi connectivity index (χ4v) is 5.03. The van der Waals surface area contributed by atoms with Crippen LogP contribution in [0.1, 0.15) is 38.7 Å². The molecule has 5 rings (SSSR count). The van der Waals surface area contributed by atoms with Gasteiger partial charge in [-0.05, 0) is 55.9 Å². The van der Waals surface area contributed by atoms with Crippen LogP contribution in [0.3, 0.4) is 0 Å². The summed E-state index contributed by atoms with van der Waals surface area (Å²) in [5, 5.41) is 6.89. The molecule has 2 fully saturated rings. The van der Waals surface area contributed by atoms with Crippen molar-refractivity contribution in [2.24, 2.45) is 5.92 Å². The Kier molecular flexibility index (Phi) is 7.94. The van der Waals surface area contributed by atoms with Crippen molar-refractivity contribution in [3.05, 3.63) is 48.5 Å². The highest BCUT2D eigenvalue weighted by atomic mass is 19.3. The smallest absolute Gasteiger partial charge is 0.320 e. The number of rotatable bonds is 5. The second-order valence-electron chi connectivity index (χ2n) is 8.95. The first-order chi connectivity index (χ1) is 17.0. The average Bonchev–Trinajstić information content (AvgIpc) is 3.54. The first-order valence-electron chi connectivity index (χ1n) is 12.0. The number of likely N-dealkylation sites (tertiary alicyclic amines) is 1. The molecule has 0 aliphatic carbocycles. The van der Waals surface area contributed by atoms with Crippen LogP contribution in [-0.4, -0.2) is 58.1 Å². The largest absolute Gasteiger partial charge is 0.483 e. The molecule has 0 bridgehead atoms. The third kappa shape index (κ3) is 5.61. The molecule has 0 saturated carbocycles. The summed E-state index contributed by atoms with van der Waals surface area (Å²) in [4.78, 5) is 29.6. The molecule has 0 spiro atoms. The highest BCUT2D eigenvalue weighted by molar-refractivity contribution is 5.81. The fraction of sp³-hybridized carbons (Fsp3) is 0.423. The SMILES string of the molecule is O=C(CC1CCN(c2cccc(-c3nc4ccccc4n3C(F)F)c2)CC1)N1CCCC1.O=CO. The number of amides is 1. The summed E-state index contributed by atoms with van der Waals surface area (Å²) in [5.74, 6) is 1.01. The zero-order valence-corrected chi connectivity index (χ0v) is 19.5. The quantitative estimate of drug-likeness (QED) is 0.514. The summed E-state index contributed by atoms with van der Waals surface area (Å²) < 4.78 is 28.7. The number of halogens is 2. The summed E-state index contributed by atoms with van der Waals surface area (Å²) in [7, 11) is 0. The predicted molar refractivity (Wildman–Crippen MR) is 130 cm³/mol. The van der Waals surface area contributed by atoms with Gasteiger partial charge >= 0.3 is 6.55 Å². The summed E-state index contributed by atoms with van der Waals surface area (Å²) in [6.07, 6.45) is 4.84. The summed E-state index contributed by atoms with van der Waals surface area (Å²) in [6.45, 7) is 0.645. The number of para-hydroxylation sites is 2. The second kappa shape index (κ2) is 11.3. The second-order valence-corrected chi connectivity index (χ2v) is 8.95. The minimum Gasteiger partial charge on any atom is -0.483 e. The lowest BCUT2D eigenvalue weighted by Gasteiger charge is -2.34. The number of alkyl halides is 2. The standard InChI is InChI=1S/C25H28F2N4O.CH2O2/c26-25(27)31-22-9-2-1-8-21(22)28-24(31)19-6-5-7-20(17-19)29-14-10-18(11-15-29)16-23(32)30-12-3-4-13-30;2-1-3/h1-2,5-9,17-18,25H,3-4,10-16H2;1H,(H,2,3). The predicted octanol–water partition coefficient (Wildman–Crippen LogP) is 5.03. The number of aromatic nitrogens is 2. The van der Waals surface area contributed by atoms with Crippen LogP contribution in [-0.2, 0) is 9.59 Å². The molecule has 3 heterocycles. The normalized spacial score (nSPS) is 16.4. The molecule has 2 aliphatic rings. The Balaban J connectivity index is 0.000000917. The maximum atomic E-state index is 13.9. The Morgan fingerprint density at radius 1 is 1.06 bits per heavy atom. The molecule has 7 nitrogen and oxygen atoms in total. The number of hydrogen-bond donors (Lipinski definition) is 1. The lowest BCUT2D eigenvalue weighted by Crippen LogP contribution is -2.36. The Bertz CT molecular complexity index is 1150. The van der Waals surface area contributed by atoms with Crippen LogP contribution in [0.4, 0.5) is 14.5 Å². The van der Waals surface area contributed by atoms with Crippen LogP contribution in [0.15, 0.2) is 48.5 Å². The zero-order chi connectivity index (χ0) is 24.8. The van der Waals surface area contributed by atoms with Crippen LogP contribution in [0.2, 0.25) is 0 Å². The number of imidazole rings is 1. The van der Waals surface area contributed by atoms with E-state index in [4.69, 9.17) is 9.90 Å². The average molecular weight is 485 g/mol. The number of carboxylic acid groups (broad SMARTS) is 1. The van der Waals surface area contributed by atoms with Crippen LogP contribution < -0.4 is 4.90 Å². The van der Waals surface area contributed by atoms with E-state index in [-0.39, 0.29) is 12.3 Å². The molecular formula is C26H30F2N4O3. The van der Waals surface area contributed by atoms with Crippen molar-refractivity contribution in [3.8, 4) is 11.4 Å². The monoisotopic (exact) mass is 484 g/mol. The van der Waals surface area contributed by atoms with Gasteiger partial charge in [-0.1, -0.05) is 24.3 Å². The fourth-order valence-electron chi connectivity index (χ4n) is 5.03. The summed E-state index contributed by atoms with van der Waals surface area (Å²) >= 11 is 0. The highest BCUT2D eigenvalue weighted by Gasteiger charge is 2.26. The zero-order valence-electron chi connectivity index (χ0n) is 19.5. The number of piperidine rings is 1. The van der Waals surface area contributed by atoms with Gasteiger partial charge in [-0.25, -0.2) is 4.98 Å². The van der Waals surface area contributed by atoms with E-state index in [9.17, 15) is 13.6 Å². The van der Waals surface area contributed by atoms with Crippen LogP contribution in [0.25, 0.3) is 22.4 Å². The molecule has 1 aromatic heterocycles. The molecule has 9 heteroatoms. The van der Waals surface area contributed by atoms with Gasteiger partial charge in [0.15, 0.2) is 0 Å². The number of anilines is 1. The van der Waals surface area contributed by atoms with E-state index in [1.54, 1.807) is 18.2 Å². The number of nitrogens with zero attached hydrogens (tertiary/aromatic N) is 4. The van der Waals surface area contributed by atoms with Gasteiger partial charge in [-0.2, -0.15) is 8.78 Å². The Labute approximate surface area is 203 Å². The maximum absolute atomic E-state index is 13.9. The van der Waals surface area contributed by atoms with E-state index in [1.165, 1.54) is 0 Å². The lowest BCUT2D eigenvalue weighted by atomic mass is 9.92. The minimum atomic E-state index is -2.66. The first kappa shape index (κ1) is 24.6. The van der Waals surface area contributed by atoms with Crippen molar-refractivity contribution in [2.75, 3.05) is 31.1 Å². The van der Waals surface area contributed by atoms with E-state index in [0.717, 1.165) is 62.1 Å². The molecule has 186 valence electrons. The molecule has 2 saturated heterocycles. The third-order valence-corrected chi connectivity index (χ3v) is 6.80. The molecule has 0 atom stereocenters. The Morgan fingerprint density at radius 3 is 2.43 bits per heavy atom. The topological polar surface area (TPSA) is 78.7 Å². The molecule has 1 N–H and O–H groups in total. The van der Waals surface area contributed by atoms with Crippen molar-refractivity contribution in [1.82, 2.24) is 14.5 Å². The van der Waals surface area contributed by atoms with E-state index >= 15 is 0 Å². The maximum Gasteiger partial charge on any atom is 0.320 e. The van der Waals surface area contributed by atoms with Crippen molar-refractivity contribution >= 4 is 29.1 Å². The van der Waals surface area contributed by atoms with Crippen LogP contribution in [0.5, 0.6) is 0 Å². The van der Waals surface area contributed by atoms with E-state index in [0.29, 0.717) is 34.8 Å².